The molecule has 28 heavy (non-hydrogen) atoms. The summed E-state index contributed by atoms with van der Waals surface area (Å²) in [6, 6.07) is 6.86. The summed E-state index contributed by atoms with van der Waals surface area (Å²) in [5.74, 6) is -0.629. The summed E-state index contributed by atoms with van der Waals surface area (Å²) in [5.41, 5.74) is 2.51. The number of fused-ring (bicyclic) bond motifs is 1. The summed E-state index contributed by atoms with van der Waals surface area (Å²) in [6.45, 7) is 2.01. The van der Waals surface area contributed by atoms with Crippen LogP contribution in [0.5, 0.6) is 0 Å². The van der Waals surface area contributed by atoms with E-state index in [1.165, 1.54) is 18.5 Å². The van der Waals surface area contributed by atoms with Gasteiger partial charge in [0.05, 0.1) is 23.5 Å². The first-order valence-electron chi connectivity index (χ1n) is 8.98. The van der Waals surface area contributed by atoms with Crippen LogP contribution in [-0.4, -0.2) is 24.6 Å². The number of anilines is 1. The molecule has 1 N–H and O–H groups in total. The second kappa shape index (κ2) is 7.67. The van der Waals surface area contributed by atoms with Gasteiger partial charge < -0.3 is 5.32 Å². The van der Waals surface area contributed by atoms with Crippen LogP contribution in [0.3, 0.4) is 0 Å². The molecule has 1 atom stereocenters. The molecule has 6 nitrogen and oxygen atoms in total. The van der Waals surface area contributed by atoms with Crippen LogP contribution in [0.2, 0.25) is 0 Å². The number of aromatic nitrogens is 5. The Hall–Kier alpha value is -3.42. The molecule has 0 saturated heterocycles. The van der Waals surface area contributed by atoms with Gasteiger partial charge in [-0.1, -0.05) is 19.4 Å². The van der Waals surface area contributed by atoms with Crippen LogP contribution in [0.4, 0.5) is 14.6 Å². The first kappa shape index (κ1) is 18.0. The molecule has 4 rings (SSSR count). The maximum Gasteiger partial charge on any atom is 0.164 e. The Labute approximate surface area is 160 Å². The zero-order valence-electron chi connectivity index (χ0n) is 15.2. The number of nitrogens with one attached hydrogen (secondary N) is 1. The van der Waals surface area contributed by atoms with Crippen LogP contribution < -0.4 is 5.32 Å². The molecule has 0 unspecified atom stereocenters. The second-order valence-corrected chi connectivity index (χ2v) is 6.39. The van der Waals surface area contributed by atoms with Crippen LogP contribution in [0.25, 0.3) is 16.9 Å². The summed E-state index contributed by atoms with van der Waals surface area (Å²) >= 11 is 0. The average molecular weight is 380 g/mol. The monoisotopic (exact) mass is 380 g/mol. The number of hydrogen-bond acceptors (Lipinski definition) is 5. The van der Waals surface area contributed by atoms with Gasteiger partial charge in [0.2, 0.25) is 0 Å². The van der Waals surface area contributed by atoms with E-state index >= 15 is 0 Å². The lowest BCUT2D eigenvalue weighted by Crippen LogP contribution is -2.13. The molecular formula is C20H18F2N6. The highest BCUT2D eigenvalue weighted by Gasteiger charge is 2.17. The molecule has 0 saturated carbocycles. The summed E-state index contributed by atoms with van der Waals surface area (Å²) in [4.78, 5) is 12.9. The highest BCUT2D eigenvalue weighted by Crippen LogP contribution is 2.28. The first-order valence-corrected chi connectivity index (χ1v) is 8.98. The van der Waals surface area contributed by atoms with E-state index in [2.05, 4.69) is 25.4 Å². The van der Waals surface area contributed by atoms with Gasteiger partial charge in [-0.3, -0.25) is 0 Å². The fourth-order valence-corrected chi connectivity index (χ4v) is 3.15. The van der Waals surface area contributed by atoms with Crippen LogP contribution in [0.15, 0.2) is 55.2 Å². The zero-order chi connectivity index (χ0) is 19.5. The number of rotatable bonds is 6. The van der Waals surface area contributed by atoms with Gasteiger partial charge in [-0.15, -0.1) is 0 Å². The minimum absolute atomic E-state index is 0.338. The van der Waals surface area contributed by atoms with Crippen molar-refractivity contribution in [1.82, 2.24) is 24.6 Å². The highest BCUT2D eigenvalue weighted by molar-refractivity contribution is 5.75. The normalized spacial score (nSPS) is 12.2. The molecule has 0 aliphatic rings. The maximum atomic E-state index is 14.3. The number of benzene rings is 1. The van der Waals surface area contributed by atoms with E-state index in [1.54, 1.807) is 35.2 Å². The van der Waals surface area contributed by atoms with Gasteiger partial charge in [-0.2, -0.15) is 5.10 Å². The van der Waals surface area contributed by atoms with E-state index in [0.29, 0.717) is 29.1 Å². The van der Waals surface area contributed by atoms with Gasteiger partial charge in [0, 0.05) is 30.1 Å². The van der Waals surface area contributed by atoms with Gasteiger partial charge in [-0.25, -0.2) is 28.2 Å². The molecule has 0 amide bonds. The lowest BCUT2D eigenvalue weighted by Gasteiger charge is -2.20. The van der Waals surface area contributed by atoms with Crippen molar-refractivity contribution in [3.8, 4) is 11.3 Å². The smallest absolute Gasteiger partial charge is 0.164 e. The van der Waals surface area contributed by atoms with E-state index in [1.807, 2.05) is 6.92 Å². The van der Waals surface area contributed by atoms with E-state index in [4.69, 9.17) is 0 Å². The Balaban J connectivity index is 1.66. The summed E-state index contributed by atoms with van der Waals surface area (Å²) < 4.78 is 29.2. The summed E-state index contributed by atoms with van der Waals surface area (Å²) in [6.07, 6.45) is 8.12. The zero-order valence-corrected chi connectivity index (χ0v) is 15.2. The fourth-order valence-electron chi connectivity index (χ4n) is 3.15. The molecule has 1 aromatic carbocycles. The number of halogens is 2. The summed E-state index contributed by atoms with van der Waals surface area (Å²) in [5, 5.41) is 7.52. The van der Waals surface area contributed by atoms with Crippen LogP contribution in [-0.2, 0) is 0 Å². The lowest BCUT2D eigenvalue weighted by atomic mass is 10.0. The van der Waals surface area contributed by atoms with E-state index in [-0.39, 0.29) is 6.04 Å². The van der Waals surface area contributed by atoms with Crippen molar-refractivity contribution >= 4 is 11.5 Å². The molecular weight excluding hydrogens is 362 g/mol. The van der Waals surface area contributed by atoms with Crippen molar-refractivity contribution in [2.75, 3.05) is 5.32 Å². The SMILES string of the molecule is CCC[C@@H](Nc1cc(-c2cnn3cccnc23)ncn1)c1ccc(F)cc1F. The standard InChI is InChI=1S/C20H18F2N6/c1-2-4-17(14-6-5-13(21)9-16(14)22)27-19-10-18(24-12-25-19)15-11-26-28-8-3-7-23-20(15)28/h3,5-12,17H,2,4H2,1H3,(H,24,25,27)/t17-/m1/s1. The minimum Gasteiger partial charge on any atom is -0.363 e. The van der Waals surface area contributed by atoms with Crippen molar-refractivity contribution in [3.05, 3.63) is 72.4 Å². The molecule has 0 aliphatic heterocycles. The highest BCUT2D eigenvalue weighted by atomic mass is 19.1. The molecule has 8 heteroatoms. The third-order valence-corrected chi connectivity index (χ3v) is 4.46. The Morgan fingerprint density at radius 1 is 1.14 bits per heavy atom. The van der Waals surface area contributed by atoms with Gasteiger partial charge in [-0.05, 0) is 18.6 Å². The van der Waals surface area contributed by atoms with Crippen LogP contribution in [0, 0.1) is 11.6 Å². The third kappa shape index (κ3) is 3.53. The Morgan fingerprint density at radius 2 is 2.04 bits per heavy atom. The molecule has 0 bridgehead atoms. The molecule has 3 heterocycles. The third-order valence-electron chi connectivity index (χ3n) is 4.46. The molecule has 142 valence electrons. The van der Waals surface area contributed by atoms with Crippen molar-refractivity contribution in [2.45, 2.75) is 25.8 Å². The van der Waals surface area contributed by atoms with Gasteiger partial charge in [0.1, 0.15) is 23.8 Å². The van der Waals surface area contributed by atoms with Crippen LogP contribution >= 0.6 is 0 Å². The quantitative estimate of drug-likeness (QED) is 0.536. The molecule has 0 spiro atoms. The average Bonchev–Trinajstić information content (AvgIpc) is 3.12. The van der Waals surface area contributed by atoms with E-state index in [0.717, 1.165) is 18.1 Å². The van der Waals surface area contributed by atoms with Gasteiger partial charge in [0.25, 0.3) is 0 Å². The van der Waals surface area contributed by atoms with Crippen LogP contribution in [0.1, 0.15) is 31.4 Å². The minimum atomic E-state index is -0.596. The Kier molecular flexibility index (Phi) is 4.92. The Morgan fingerprint density at radius 3 is 2.86 bits per heavy atom. The van der Waals surface area contributed by atoms with Crippen molar-refractivity contribution in [1.29, 1.82) is 0 Å². The Bertz CT molecular complexity index is 1110. The van der Waals surface area contributed by atoms with Gasteiger partial charge in [0.15, 0.2) is 5.65 Å². The lowest BCUT2D eigenvalue weighted by molar-refractivity contribution is 0.551. The molecule has 3 aromatic heterocycles. The predicted octanol–water partition coefficient (Wildman–Crippen LogP) is 4.42. The number of nitrogens with zero attached hydrogens (tertiary/aromatic N) is 5. The van der Waals surface area contributed by atoms with Gasteiger partial charge >= 0.3 is 0 Å². The molecule has 0 radical (unpaired) electrons. The fraction of sp³-hybridized carbons (Fsp3) is 0.200. The summed E-state index contributed by atoms with van der Waals surface area (Å²) in [7, 11) is 0. The molecule has 0 aliphatic carbocycles. The van der Waals surface area contributed by atoms with E-state index in [9.17, 15) is 8.78 Å². The van der Waals surface area contributed by atoms with Crippen molar-refractivity contribution in [3.63, 3.8) is 0 Å². The number of hydrogen-bond donors (Lipinski definition) is 1. The largest absolute Gasteiger partial charge is 0.363 e. The van der Waals surface area contributed by atoms with Crippen molar-refractivity contribution < 1.29 is 8.78 Å². The topological polar surface area (TPSA) is 68.0 Å². The van der Waals surface area contributed by atoms with E-state index < -0.39 is 11.6 Å². The maximum absolute atomic E-state index is 14.3. The first-order chi connectivity index (χ1) is 13.7. The van der Waals surface area contributed by atoms with Crippen molar-refractivity contribution in [2.24, 2.45) is 0 Å². The predicted molar refractivity (Wildman–Crippen MR) is 102 cm³/mol. The molecule has 4 aromatic rings. The molecule has 0 fully saturated rings. The second-order valence-electron chi connectivity index (χ2n) is 6.39.